The van der Waals surface area contributed by atoms with Gasteiger partial charge in [-0.15, -0.1) is 0 Å². The summed E-state index contributed by atoms with van der Waals surface area (Å²) in [5.41, 5.74) is -1.14. The van der Waals surface area contributed by atoms with Crippen LogP contribution in [-0.4, -0.2) is 22.4 Å². The van der Waals surface area contributed by atoms with E-state index < -0.39 is 29.6 Å². The summed E-state index contributed by atoms with van der Waals surface area (Å²) in [6.45, 7) is 0. The number of aromatic nitrogens is 1. The Hall–Kier alpha value is -3.36. The minimum absolute atomic E-state index is 0.285. The number of hydrogen-bond donors (Lipinski definition) is 1. The van der Waals surface area contributed by atoms with Gasteiger partial charge in [0, 0.05) is 18.9 Å². The van der Waals surface area contributed by atoms with Crippen molar-refractivity contribution in [2.45, 2.75) is 6.18 Å². The van der Waals surface area contributed by atoms with Crippen molar-refractivity contribution in [3.8, 4) is 0 Å². The van der Waals surface area contributed by atoms with Gasteiger partial charge in [0.1, 0.15) is 5.57 Å². The summed E-state index contributed by atoms with van der Waals surface area (Å²) in [6, 6.07) is 5.97. The van der Waals surface area contributed by atoms with Gasteiger partial charge in [-0.25, -0.2) is 9.69 Å². The van der Waals surface area contributed by atoms with Crippen molar-refractivity contribution in [1.29, 1.82) is 0 Å². The number of nitrogens with one attached hydrogen (secondary N) is 1. The molecule has 1 aromatic heterocycles. The third kappa shape index (κ3) is 3.10. The summed E-state index contributed by atoms with van der Waals surface area (Å²) in [7, 11) is 1.69. The molecule has 0 saturated carbocycles. The molecule has 26 heavy (non-hydrogen) atoms. The van der Waals surface area contributed by atoms with Crippen LogP contribution in [0.25, 0.3) is 6.08 Å². The summed E-state index contributed by atoms with van der Waals surface area (Å²) in [5.74, 6) is -1.91. The average molecular weight is 363 g/mol. The minimum Gasteiger partial charge on any atom is -0.351 e. The van der Waals surface area contributed by atoms with E-state index in [1.54, 1.807) is 29.9 Å². The number of aryl methyl sites for hydroxylation is 1. The van der Waals surface area contributed by atoms with Crippen molar-refractivity contribution >= 4 is 29.6 Å². The zero-order chi connectivity index (χ0) is 19.1. The molecular weight excluding hydrogens is 351 g/mol. The second-order valence-electron chi connectivity index (χ2n) is 5.55. The van der Waals surface area contributed by atoms with Crippen molar-refractivity contribution in [2.24, 2.45) is 7.05 Å². The van der Waals surface area contributed by atoms with Crippen molar-refractivity contribution in [1.82, 2.24) is 9.88 Å². The number of hydrogen-bond acceptors (Lipinski definition) is 3. The highest BCUT2D eigenvalue weighted by atomic mass is 19.4. The molecule has 1 saturated heterocycles. The number of alkyl halides is 3. The molecule has 1 aliphatic rings. The Labute approximate surface area is 145 Å². The van der Waals surface area contributed by atoms with E-state index in [1.165, 1.54) is 12.1 Å². The molecule has 9 heteroatoms. The van der Waals surface area contributed by atoms with E-state index in [0.717, 1.165) is 12.1 Å². The molecule has 1 aliphatic heterocycles. The van der Waals surface area contributed by atoms with Gasteiger partial charge >= 0.3 is 12.2 Å². The number of rotatable bonds is 2. The van der Waals surface area contributed by atoms with Crippen LogP contribution in [0.2, 0.25) is 0 Å². The first-order chi connectivity index (χ1) is 12.2. The lowest BCUT2D eigenvalue weighted by atomic mass is 10.1. The predicted molar refractivity (Wildman–Crippen MR) is 85.9 cm³/mol. The first-order valence-corrected chi connectivity index (χ1v) is 7.38. The molecule has 2 heterocycles. The van der Waals surface area contributed by atoms with E-state index >= 15 is 0 Å². The number of carbonyl (C=O) groups excluding carboxylic acids is 3. The lowest BCUT2D eigenvalue weighted by Crippen LogP contribution is -2.54. The second-order valence-corrected chi connectivity index (χ2v) is 5.55. The van der Waals surface area contributed by atoms with Gasteiger partial charge < -0.3 is 4.57 Å². The highest BCUT2D eigenvalue weighted by molar-refractivity contribution is 6.39. The summed E-state index contributed by atoms with van der Waals surface area (Å²) < 4.78 is 40.3. The molecule has 0 atom stereocenters. The quantitative estimate of drug-likeness (QED) is 0.659. The molecule has 0 unspecified atom stereocenters. The Morgan fingerprint density at radius 1 is 1.08 bits per heavy atom. The molecule has 1 fully saturated rings. The fourth-order valence-corrected chi connectivity index (χ4v) is 2.49. The maximum Gasteiger partial charge on any atom is 0.416 e. The maximum absolute atomic E-state index is 12.9. The number of benzene rings is 1. The van der Waals surface area contributed by atoms with Crippen molar-refractivity contribution in [3.63, 3.8) is 0 Å². The van der Waals surface area contributed by atoms with Crippen LogP contribution in [0.15, 0.2) is 48.2 Å². The average Bonchev–Trinajstić information content (AvgIpc) is 2.96. The van der Waals surface area contributed by atoms with E-state index in [0.29, 0.717) is 16.7 Å². The summed E-state index contributed by atoms with van der Waals surface area (Å²) >= 11 is 0. The molecule has 1 N–H and O–H groups in total. The van der Waals surface area contributed by atoms with Crippen LogP contribution >= 0.6 is 0 Å². The monoisotopic (exact) mass is 363 g/mol. The Kier molecular flexibility index (Phi) is 4.15. The smallest absolute Gasteiger partial charge is 0.351 e. The highest BCUT2D eigenvalue weighted by Gasteiger charge is 2.38. The van der Waals surface area contributed by atoms with Crippen LogP contribution in [0, 0.1) is 0 Å². The number of urea groups is 1. The van der Waals surface area contributed by atoms with Gasteiger partial charge in [0.2, 0.25) is 0 Å². The molecule has 0 spiro atoms. The molecule has 2 aromatic rings. The predicted octanol–water partition coefficient (Wildman–Crippen LogP) is 2.71. The van der Waals surface area contributed by atoms with Crippen molar-refractivity contribution < 1.29 is 27.6 Å². The second kappa shape index (κ2) is 6.17. The summed E-state index contributed by atoms with van der Waals surface area (Å²) in [4.78, 5) is 37.2. The van der Waals surface area contributed by atoms with E-state index in [2.05, 4.69) is 0 Å². The summed E-state index contributed by atoms with van der Waals surface area (Å²) in [5, 5.41) is 1.97. The van der Waals surface area contributed by atoms with Crippen molar-refractivity contribution in [3.05, 3.63) is 59.4 Å². The zero-order valence-electron chi connectivity index (χ0n) is 13.4. The SMILES string of the molecule is Cn1cccc1C=C1C(=O)NC(=O)N(c2cccc(C(F)(F)F)c2)C1=O. The van der Waals surface area contributed by atoms with Gasteiger partial charge in [-0.3, -0.25) is 14.9 Å². The third-order valence-electron chi connectivity index (χ3n) is 3.81. The Morgan fingerprint density at radius 2 is 1.81 bits per heavy atom. The number of barbiturate groups is 1. The van der Waals surface area contributed by atoms with Gasteiger partial charge in [-0.2, -0.15) is 13.2 Å². The van der Waals surface area contributed by atoms with Gasteiger partial charge in [0.05, 0.1) is 11.3 Å². The molecule has 0 aliphatic carbocycles. The molecule has 1 aromatic carbocycles. The topological polar surface area (TPSA) is 71.4 Å². The lowest BCUT2D eigenvalue weighted by molar-refractivity contribution is -0.137. The number of imide groups is 2. The molecule has 0 bridgehead atoms. The molecule has 4 amide bonds. The number of carbonyl (C=O) groups is 3. The normalized spacial score (nSPS) is 17.0. The number of amides is 4. The largest absolute Gasteiger partial charge is 0.416 e. The zero-order valence-corrected chi connectivity index (χ0v) is 13.4. The lowest BCUT2D eigenvalue weighted by Gasteiger charge is -2.26. The number of halogens is 3. The van der Waals surface area contributed by atoms with Gasteiger partial charge in [0.15, 0.2) is 0 Å². The maximum atomic E-state index is 12.9. The van der Waals surface area contributed by atoms with Crippen LogP contribution < -0.4 is 10.2 Å². The fourth-order valence-electron chi connectivity index (χ4n) is 2.49. The van der Waals surface area contributed by atoms with Crippen LogP contribution in [-0.2, 0) is 22.8 Å². The standard InChI is InChI=1S/C17H12F3N3O3/c1-22-7-3-6-11(22)9-13-14(24)21-16(26)23(15(13)25)12-5-2-4-10(8-12)17(18,19)20/h2-9H,1H3,(H,21,24,26). The van der Waals surface area contributed by atoms with Crippen molar-refractivity contribution in [2.75, 3.05) is 4.90 Å². The van der Waals surface area contributed by atoms with E-state index in [9.17, 15) is 27.6 Å². The highest BCUT2D eigenvalue weighted by Crippen LogP contribution is 2.32. The van der Waals surface area contributed by atoms with Gasteiger partial charge in [-0.05, 0) is 36.4 Å². The van der Waals surface area contributed by atoms with Crippen LogP contribution in [0.1, 0.15) is 11.3 Å². The molecule has 3 rings (SSSR count). The molecular formula is C17H12F3N3O3. The van der Waals surface area contributed by atoms with Crippen LogP contribution in [0.4, 0.5) is 23.7 Å². The van der Waals surface area contributed by atoms with Gasteiger partial charge in [-0.1, -0.05) is 6.07 Å². The molecule has 134 valence electrons. The first kappa shape index (κ1) is 17.5. The Balaban J connectivity index is 2.04. The third-order valence-corrected chi connectivity index (χ3v) is 3.81. The fraction of sp³-hybridized carbons (Fsp3) is 0.118. The van der Waals surface area contributed by atoms with Crippen LogP contribution in [0.3, 0.4) is 0 Å². The summed E-state index contributed by atoms with van der Waals surface area (Å²) in [6.07, 6.45) is -1.68. The molecule has 6 nitrogen and oxygen atoms in total. The Bertz CT molecular complexity index is 944. The van der Waals surface area contributed by atoms with E-state index in [1.807, 2.05) is 5.32 Å². The van der Waals surface area contributed by atoms with E-state index in [-0.39, 0.29) is 11.3 Å². The van der Waals surface area contributed by atoms with E-state index in [4.69, 9.17) is 0 Å². The number of nitrogens with zero attached hydrogens (tertiary/aromatic N) is 2. The molecule has 0 radical (unpaired) electrons. The number of anilines is 1. The van der Waals surface area contributed by atoms with Crippen LogP contribution in [0.5, 0.6) is 0 Å². The minimum atomic E-state index is -4.64. The Morgan fingerprint density at radius 3 is 2.42 bits per heavy atom. The first-order valence-electron chi connectivity index (χ1n) is 7.38. The van der Waals surface area contributed by atoms with Gasteiger partial charge in [0.25, 0.3) is 11.8 Å².